The van der Waals surface area contributed by atoms with Crippen LogP contribution < -0.4 is 11.2 Å². The minimum atomic E-state index is -0.970. The summed E-state index contributed by atoms with van der Waals surface area (Å²) in [6.07, 6.45) is 0.318. The van der Waals surface area contributed by atoms with Crippen molar-refractivity contribution in [3.63, 3.8) is 0 Å². The summed E-state index contributed by atoms with van der Waals surface area (Å²) in [5.74, 6) is -1.01. The van der Waals surface area contributed by atoms with Gasteiger partial charge in [0.25, 0.3) is 5.56 Å². The summed E-state index contributed by atoms with van der Waals surface area (Å²) in [6, 6.07) is 8.50. The minimum absolute atomic E-state index is 0.110. The number of Topliss-reactive ketones (excluding diaryl/α,β-unsaturated/α-hetero) is 1. The number of fused-ring (bicyclic) bond motifs is 1. The van der Waals surface area contributed by atoms with Gasteiger partial charge in [0.15, 0.2) is 17.3 Å². The van der Waals surface area contributed by atoms with Gasteiger partial charge in [-0.05, 0) is 6.92 Å². The highest BCUT2D eigenvalue weighted by Crippen LogP contribution is 2.09. The van der Waals surface area contributed by atoms with Crippen LogP contribution in [-0.4, -0.2) is 36.5 Å². The third-order valence-corrected chi connectivity index (χ3v) is 4.25. The van der Waals surface area contributed by atoms with Crippen LogP contribution in [-0.2, 0) is 30.2 Å². The monoisotopic (exact) mass is 370 g/mol. The Labute approximate surface area is 153 Å². The molecule has 0 radical (unpaired) electrons. The lowest BCUT2D eigenvalue weighted by Crippen LogP contribution is -2.37. The van der Waals surface area contributed by atoms with Crippen LogP contribution in [0.15, 0.2) is 46.2 Å². The van der Waals surface area contributed by atoms with E-state index in [4.69, 9.17) is 4.74 Å². The second-order valence-corrected chi connectivity index (χ2v) is 6.11. The van der Waals surface area contributed by atoms with Crippen molar-refractivity contribution in [3.8, 4) is 0 Å². The van der Waals surface area contributed by atoms with Crippen LogP contribution in [0.5, 0.6) is 0 Å². The normalized spacial score (nSPS) is 12.1. The van der Waals surface area contributed by atoms with Crippen LogP contribution in [0, 0.1) is 0 Å². The first-order valence-corrected chi connectivity index (χ1v) is 8.21. The summed E-state index contributed by atoms with van der Waals surface area (Å²) in [5, 5.41) is 0. The molecule has 0 aliphatic carbocycles. The minimum Gasteiger partial charge on any atom is -0.453 e. The number of hydrogen-bond donors (Lipinski definition) is 0. The average Bonchev–Trinajstić information content (AvgIpc) is 3.08. The Bertz CT molecular complexity index is 1140. The van der Waals surface area contributed by atoms with Crippen molar-refractivity contribution in [1.29, 1.82) is 0 Å². The molecule has 27 heavy (non-hydrogen) atoms. The van der Waals surface area contributed by atoms with Crippen LogP contribution in [0.25, 0.3) is 11.2 Å². The van der Waals surface area contributed by atoms with Gasteiger partial charge in [-0.25, -0.2) is 9.78 Å². The molecule has 0 saturated heterocycles. The molecule has 0 fully saturated rings. The summed E-state index contributed by atoms with van der Waals surface area (Å²) in [6.45, 7) is 1.18. The number of ether oxygens (including phenoxy) is 1. The highest BCUT2D eigenvalue weighted by molar-refractivity contribution is 6.00. The van der Waals surface area contributed by atoms with Gasteiger partial charge in [0.05, 0.1) is 6.33 Å². The van der Waals surface area contributed by atoms with Gasteiger partial charge in [-0.1, -0.05) is 30.3 Å². The number of aryl methyl sites for hydroxylation is 1. The molecule has 0 bridgehead atoms. The molecule has 1 aromatic carbocycles. The summed E-state index contributed by atoms with van der Waals surface area (Å²) >= 11 is 0. The van der Waals surface area contributed by atoms with Gasteiger partial charge in [0.1, 0.15) is 6.54 Å². The molecule has 0 spiro atoms. The molecule has 1 atom stereocenters. The number of nitrogens with zero attached hydrogens (tertiary/aromatic N) is 4. The van der Waals surface area contributed by atoms with Gasteiger partial charge in [0, 0.05) is 19.7 Å². The van der Waals surface area contributed by atoms with Gasteiger partial charge < -0.3 is 9.30 Å². The van der Waals surface area contributed by atoms with Gasteiger partial charge in [-0.15, -0.1) is 0 Å². The van der Waals surface area contributed by atoms with Crippen molar-refractivity contribution in [2.24, 2.45) is 14.1 Å². The van der Waals surface area contributed by atoms with Crippen molar-refractivity contribution in [3.05, 3.63) is 63.1 Å². The number of benzene rings is 1. The van der Waals surface area contributed by atoms with Crippen molar-refractivity contribution in [1.82, 2.24) is 18.7 Å². The fourth-order valence-corrected chi connectivity index (χ4v) is 2.78. The van der Waals surface area contributed by atoms with Crippen molar-refractivity contribution in [2.75, 3.05) is 0 Å². The first-order valence-electron chi connectivity index (χ1n) is 8.21. The number of esters is 1. The van der Waals surface area contributed by atoms with Gasteiger partial charge in [-0.2, -0.15) is 0 Å². The van der Waals surface area contributed by atoms with E-state index in [1.54, 1.807) is 30.3 Å². The molecule has 3 rings (SSSR count). The van der Waals surface area contributed by atoms with E-state index in [0.29, 0.717) is 5.56 Å². The summed E-state index contributed by atoms with van der Waals surface area (Å²) in [5.41, 5.74) is -0.355. The molecule has 3 aromatic rings. The highest BCUT2D eigenvalue weighted by atomic mass is 16.5. The maximum Gasteiger partial charge on any atom is 0.332 e. The number of ketones is 1. The number of carbonyl (C=O) groups is 2. The van der Waals surface area contributed by atoms with Gasteiger partial charge in [0.2, 0.25) is 5.78 Å². The van der Waals surface area contributed by atoms with E-state index in [1.165, 1.54) is 36.5 Å². The molecule has 0 unspecified atom stereocenters. The molecule has 0 aliphatic rings. The van der Waals surface area contributed by atoms with E-state index in [1.807, 2.05) is 0 Å². The summed E-state index contributed by atoms with van der Waals surface area (Å²) < 4.78 is 8.66. The average molecular weight is 370 g/mol. The Morgan fingerprint density at radius 2 is 1.78 bits per heavy atom. The molecule has 0 aliphatic heterocycles. The maximum absolute atomic E-state index is 12.4. The zero-order chi connectivity index (χ0) is 19.7. The lowest BCUT2D eigenvalue weighted by atomic mass is 10.1. The molecule has 140 valence electrons. The number of aromatic nitrogens is 4. The van der Waals surface area contributed by atoms with E-state index in [-0.39, 0.29) is 23.5 Å². The molecule has 0 N–H and O–H groups in total. The molecule has 2 heterocycles. The zero-order valence-corrected chi connectivity index (χ0v) is 15.1. The Morgan fingerprint density at radius 1 is 1.11 bits per heavy atom. The third kappa shape index (κ3) is 3.31. The largest absolute Gasteiger partial charge is 0.453 e. The molecule has 0 amide bonds. The van der Waals surface area contributed by atoms with E-state index in [0.717, 1.165) is 4.57 Å². The summed E-state index contributed by atoms with van der Waals surface area (Å²) in [4.78, 5) is 52.9. The Kier molecular flexibility index (Phi) is 4.76. The van der Waals surface area contributed by atoms with Crippen LogP contribution >= 0.6 is 0 Å². The van der Waals surface area contributed by atoms with E-state index >= 15 is 0 Å². The maximum atomic E-state index is 12.4. The highest BCUT2D eigenvalue weighted by Gasteiger charge is 2.21. The smallest absolute Gasteiger partial charge is 0.332 e. The Morgan fingerprint density at radius 3 is 2.44 bits per heavy atom. The van der Waals surface area contributed by atoms with Crippen LogP contribution in [0.3, 0.4) is 0 Å². The van der Waals surface area contributed by atoms with Crippen LogP contribution in [0.2, 0.25) is 0 Å². The molecular formula is C18H18N4O5. The van der Waals surface area contributed by atoms with Crippen molar-refractivity contribution in [2.45, 2.75) is 19.6 Å². The lowest BCUT2D eigenvalue weighted by molar-refractivity contribution is -0.146. The molecule has 9 nitrogen and oxygen atoms in total. The fourth-order valence-electron chi connectivity index (χ4n) is 2.78. The molecule has 2 aromatic heterocycles. The van der Waals surface area contributed by atoms with Crippen LogP contribution in [0.1, 0.15) is 17.3 Å². The molecule has 9 heteroatoms. The number of imidazole rings is 1. The standard InChI is InChI=1S/C18H18N4O5/c1-11(15(24)12-7-5-4-6-8-12)27-13(23)9-22-10-19-16-14(22)17(25)21(3)18(26)20(16)2/h4-8,10-11H,9H2,1-3H3/t11-/m0/s1. The quantitative estimate of drug-likeness (QED) is 0.471. The van der Waals surface area contributed by atoms with Gasteiger partial charge >= 0.3 is 11.7 Å². The van der Waals surface area contributed by atoms with Crippen molar-refractivity contribution >= 4 is 22.9 Å². The topological polar surface area (TPSA) is 105 Å². The number of rotatable bonds is 5. The first-order chi connectivity index (χ1) is 12.8. The zero-order valence-electron chi connectivity index (χ0n) is 15.1. The molecular weight excluding hydrogens is 352 g/mol. The van der Waals surface area contributed by atoms with E-state index in [9.17, 15) is 19.2 Å². The van der Waals surface area contributed by atoms with Crippen molar-refractivity contribution < 1.29 is 14.3 Å². The second-order valence-electron chi connectivity index (χ2n) is 6.11. The van der Waals surface area contributed by atoms with Crippen LogP contribution in [0.4, 0.5) is 0 Å². The first kappa shape index (κ1) is 18.3. The summed E-state index contributed by atoms with van der Waals surface area (Å²) in [7, 11) is 2.83. The predicted molar refractivity (Wildman–Crippen MR) is 96.5 cm³/mol. The Hall–Kier alpha value is -3.49. The number of carbonyl (C=O) groups excluding carboxylic acids is 2. The fraction of sp³-hybridized carbons (Fsp3) is 0.278. The van der Waals surface area contributed by atoms with E-state index in [2.05, 4.69) is 4.98 Å². The Balaban J connectivity index is 1.82. The van der Waals surface area contributed by atoms with E-state index < -0.39 is 23.3 Å². The predicted octanol–water partition coefficient (Wildman–Crippen LogP) is 0.248. The lowest BCUT2D eigenvalue weighted by Gasteiger charge is -2.13. The SMILES string of the molecule is C[C@H](OC(=O)Cn1cnc2c1c(=O)n(C)c(=O)n2C)C(=O)c1ccccc1. The second kappa shape index (κ2) is 7.02. The molecule has 0 saturated carbocycles. The number of hydrogen-bond acceptors (Lipinski definition) is 6. The van der Waals surface area contributed by atoms with Gasteiger partial charge in [-0.3, -0.25) is 23.5 Å². The third-order valence-electron chi connectivity index (χ3n) is 4.25.